The highest BCUT2D eigenvalue weighted by Crippen LogP contribution is 2.22. The van der Waals surface area contributed by atoms with E-state index < -0.39 is 0 Å². The lowest BCUT2D eigenvalue weighted by Gasteiger charge is -2.19. The summed E-state index contributed by atoms with van der Waals surface area (Å²) in [6.45, 7) is 4.05. The number of aryl methyl sites for hydroxylation is 2. The van der Waals surface area contributed by atoms with Crippen LogP contribution in [0.25, 0.3) is 0 Å². The summed E-state index contributed by atoms with van der Waals surface area (Å²) in [5, 5.41) is 15.9. The first-order valence-electron chi connectivity index (χ1n) is 11.4. The molecular weight excluding hydrogens is 358 g/mol. The van der Waals surface area contributed by atoms with Gasteiger partial charge in [-0.25, -0.2) is 0 Å². The molecule has 1 amide bonds. The summed E-state index contributed by atoms with van der Waals surface area (Å²) in [5.74, 6) is -0.336. The van der Waals surface area contributed by atoms with Crippen molar-refractivity contribution in [2.24, 2.45) is 0 Å². The van der Waals surface area contributed by atoms with Gasteiger partial charge in [0.1, 0.15) is 11.6 Å². The molecule has 1 saturated carbocycles. The zero-order valence-electron chi connectivity index (χ0n) is 18.2. The maximum absolute atomic E-state index is 12.7. The highest BCUT2D eigenvalue weighted by Gasteiger charge is 2.14. The third-order valence-corrected chi connectivity index (χ3v) is 5.91. The lowest BCUT2D eigenvalue weighted by atomic mass is 9.98. The molecule has 0 spiro atoms. The van der Waals surface area contributed by atoms with Crippen molar-refractivity contribution in [1.82, 2.24) is 5.32 Å². The number of rotatable bonds is 5. The minimum atomic E-state index is -0.336. The maximum atomic E-state index is 12.7. The first kappa shape index (κ1) is 23.0. The monoisotopic (exact) mass is 395 g/mol. The zero-order valence-corrected chi connectivity index (χ0v) is 18.2. The van der Waals surface area contributed by atoms with Crippen LogP contribution >= 0.6 is 0 Å². The van der Waals surface area contributed by atoms with Gasteiger partial charge in [0.15, 0.2) is 0 Å². The fourth-order valence-corrected chi connectivity index (χ4v) is 4.06. The smallest absolute Gasteiger partial charge is 0.267 e. The van der Waals surface area contributed by atoms with E-state index in [1.807, 2.05) is 25.1 Å². The zero-order chi connectivity index (χ0) is 20.9. The predicted molar refractivity (Wildman–Crippen MR) is 121 cm³/mol. The molecule has 1 aliphatic carbocycles. The standard InChI is InChI=1S/C25H37N3O/c1-3-21-15-13-14-20(2)24(21)28-25(29)22(18-26)19-27-23-16-11-9-7-5-4-6-8-10-12-17-23/h13-15,19,23,27H,3-12,16-17H2,1-2H3,(H,28,29)/b22-19-. The SMILES string of the molecule is CCc1cccc(C)c1NC(=O)/C(C#N)=C\NC1CCCCCCCCCCC1. The third kappa shape index (κ3) is 7.93. The molecule has 0 aliphatic heterocycles. The number of nitrogens with one attached hydrogen (secondary N) is 2. The Bertz CT molecular complexity index is 705. The predicted octanol–water partition coefficient (Wildman–Crippen LogP) is 6.17. The first-order chi connectivity index (χ1) is 14.2. The summed E-state index contributed by atoms with van der Waals surface area (Å²) in [4.78, 5) is 12.7. The Morgan fingerprint density at radius 3 is 2.21 bits per heavy atom. The van der Waals surface area contributed by atoms with Crippen molar-refractivity contribution >= 4 is 11.6 Å². The third-order valence-electron chi connectivity index (χ3n) is 5.91. The Hall–Kier alpha value is -2.28. The van der Waals surface area contributed by atoms with Crippen LogP contribution in [0, 0.1) is 18.3 Å². The molecule has 2 N–H and O–H groups in total. The normalized spacial score (nSPS) is 17.5. The van der Waals surface area contributed by atoms with Crippen LogP contribution < -0.4 is 10.6 Å². The second kappa shape index (κ2) is 13.0. The summed E-state index contributed by atoms with van der Waals surface area (Å²) < 4.78 is 0. The van der Waals surface area contributed by atoms with E-state index >= 15 is 0 Å². The second-order valence-corrected chi connectivity index (χ2v) is 8.21. The number of amides is 1. The Labute approximate surface area is 176 Å². The average molecular weight is 396 g/mol. The van der Waals surface area contributed by atoms with Crippen LogP contribution in [0.4, 0.5) is 5.69 Å². The van der Waals surface area contributed by atoms with Crippen LogP contribution in [-0.2, 0) is 11.2 Å². The van der Waals surface area contributed by atoms with E-state index in [0.717, 1.165) is 36.1 Å². The summed E-state index contributed by atoms with van der Waals surface area (Å²) in [5.41, 5.74) is 3.07. The number of hydrogen-bond donors (Lipinski definition) is 2. The number of hydrogen-bond acceptors (Lipinski definition) is 3. The van der Waals surface area contributed by atoms with Crippen molar-refractivity contribution < 1.29 is 4.79 Å². The molecule has 2 rings (SSSR count). The highest BCUT2D eigenvalue weighted by atomic mass is 16.1. The molecule has 4 nitrogen and oxygen atoms in total. The number of benzene rings is 1. The van der Waals surface area contributed by atoms with Crippen molar-refractivity contribution in [2.45, 2.75) is 96.9 Å². The van der Waals surface area contributed by atoms with Gasteiger partial charge >= 0.3 is 0 Å². The Kier molecular flexibility index (Phi) is 10.3. The van der Waals surface area contributed by atoms with E-state index in [2.05, 4.69) is 23.6 Å². The molecule has 1 aliphatic rings. The van der Waals surface area contributed by atoms with Crippen LogP contribution in [0.1, 0.15) is 88.7 Å². The van der Waals surface area contributed by atoms with E-state index in [0.29, 0.717) is 6.04 Å². The van der Waals surface area contributed by atoms with Gasteiger partial charge in [0.05, 0.1) is 0 Å². The van der Waals surface area contributed by atoms with Crippen LogP contribution in [0.3, 0.4) is 0 Å². The number of para-hydroxylation sites is 1. The Balaban J connectivity index is 1.99. The van der Waals surface area contributed by atoms with Gasteiger partial charge in [0.25, 0.3) is 5.91 Å². The number of nitrogens with zero attached hydrogens (tertiary/aromatic N) is 1. The Morgan fingerprint density at radius 2 is 1.66 bits per heavy atom. The minimum absolute atomic E-state index is 0.140. The number of nitriles is 1. The van der Waals surface area contributed by atoms with E-state index in [4.69, 9.17) is 0 Å². The molecule has 0 unspecified atom stereocenters. The molecule has 0 radical (unpaired) electrons. The van der Waals surface area contributed by atoms with E-state index in [1.165, 1.54) is 57.8 Å². The van der Waals surface area contributed by atoms with Crippen LogP contribution in [0.2, 0.25) is 0 Å². The summed E-state index contributed by atoms with van der Waals surface area (Å²) in [6, 6.07) is 8.41. The molecule has 1 fully saturated rings. The molecule has 0 atom stereocenters. The van der Waals surface area contributed by atoms with Crippen molar-refractivity contribution in [3.8, 4) is 6.07 Å². The quantitative estimate of drug-likeness (QED) is 0.463. The molecule has 29 heavy (non-hydrogen) atoms. The van der Waals surface area contributed by atoms with E-state index in [1.54, 1.807) is 6.20 Å². The van der Waals surface area contributed by atoms with Crippen molar-refractivity contribution in [2.75, 3.05) is 5.32 Å². The Morgan fingerprint density at radius 1 is 1.07 bits per heavy atom. The van der Waals surface area contributed by atoms with Crippen molar-refractivity contribution in [3.05, 3.63) is 41.1 Å². The molecule has 0 heterocycles. The van der Waals surface area contributed by atoms with Crippen LogP contribution in [0.5, 0.6) is 0 Å². The average Bonchev–Trinajstić information content (AvgIpc) is 2.71. The molecular formula is C25H37N3O. The first-order valence-corrected chi connectivity index (χ1v) is 11.4. The lowest BCUT2D eigenvalue weighted by molar-refractivity contribution is -0.112. The molecule has 158 valence electrons. The van der Waals surface area contributed by atoms with Gasteiger partial charge in [-0.3, -0.25) is 4.79 Å². The van der Waals surface area contributed by atoms with Gasteiger partial charge in [-0.05, 0) is 37.3 Å². The number of carbonyl (C=O) groups is 1. The molecule has 1 aromatic carbocycles. The second-order valence-electron chi connectivity index (χ2n) is 8.21. The van der Waals surface area contributed by atoms with Crippen molar-refractivity contribution in [3.63, 3.8) is 0 Å². The molecule has 1 aromatic rings. The van der Waals surface area contributed by atoms with Gasteiger partial charge in [-0.1, -0.05) is 82.9 Å². The topological polar surface area (TPSA) is 64.9 Å². The summed E-state index contributed by atoms with van der Waals surface area (Å²) in [7, 11) is 0. The fourth-order valence-electron chi connectivity index (χ4n) is 4.06. The van der Waals surface area contributed by atoms with Gasteiger partial charge in [-0.15, -0.1) is 0 Å². The number of carbonyl (C=O) groups excluding carboxylic acids is 1. The van der Waals surface area contributed by atoms with Gasteiger partial charge < -0.3 is 10.6 Å². The maximum Gasteiger partial charge on any atom is 0.267 e. The molecule has 0 saturated heterocycles. The van der Waals surface area contributed by atoms with Crippen LogP contribution in [-0.4, -0.2) is 11.9 Å². The van der Waals surface area contributed by atoms with Crippen molar-refractivity contribution in [1.29, 1.82) is 5.26 Å². The van der Waals surface area contributed by atoms with Gasteiger partial charge in [0, 0.05) is 17.9 Å². The van der Waals surface area contributed by atoms with Gasteiger partial charge in [0.2, 0.25) is 0 Å². The van der Waals surface area contributed by atoms with Gasteiger partial charge in [-0.2, -0.15) is 5.26 Å². The minimum Gasteiger partial charge on any atom is -0.387 e. The largest absolute Gasteiger partial charge is 0.387 e. The fraction of sp³-hybridized carbons (Fsp3) is 0.600. The number of anilines is 1. The summed E-state index contributed by atoms with van der Waals surface area (Å²) >= 11 is 0. The summed E-state index contributed by atoms with van der Waals surface area (Å²) in [6.07, 6.45) is 16.4. The van der Waals surface area contributed by atoms with E-state index in [-0.39, 0.29) is 11.5 Å². The molecule has 0 aromatic heterocycles. The lowest BCUT2D eigenvalue weighted by Crippen LogP contribution is -2.26. The van der Waals surface area contributed by atoms with Crippen LogP contribution in [0.15, 0.2) is 30.0 Å². The molecule has 0 bridgehead atoms. The molecule has 4 heteroatoms. The van der Waals surface area contributed by atoms with E-state index in [9.17, 15) is 10.1 Å². The highest BCUT2D eigenvalue weighted by molar-refractivity contribution is 6.07.